The molecule has 1 fully saturated rings. The number of nitrogens with one attached hydrogen (secondary N) is 2. The zero-order valence-corrected chi connectivity index (χ0v) is 10.4. The van der Waals surface area contributed by atoms with Gasteiger partial charge in [0.1, 0.15) is 5.82 Å². The van der Waals surface area contributed by atoms with Crippen molar-refractivity contribution in [3.8, 4) is 0 Å². The van der Waals surface area contributed by atoms with Crippen LogP contribution in [0.5, 0.6) is 0 Å². The number of nitro groups is 1. The highest BCUT2D eigenvalue weighted by Gasteiger charge is 2.23. The molecule has 102 valence electrons. The molecule has 2 rings (SSSR count). The van der Waals surface area contributed by atoms with Gasteiger partial charge in [-0.25, -0.2) is 4.39 Å². The van der Waals surface area contributed by atoms with Gasteiger partial charge in [0.2, 0.25) is 0 Å². The third-order valence-corrected chi connectivity index (χ3v) is 3.09. The van der Waals surface area contributed by atoms with Gasteiger partial charge in [-0.15, -0.1) is 0 Å². The second-order valence-electron chi connectivity index (χ2n) is 4.54. The molecule has 0 spiro atoms. The van der Waals surface area contributed by atoms with E-state index >= 15 is 0 Å². The molecule has 0 radical (unpaired) electrons. The summed E-state index contributed by atoms with van der Waals surface area (Å²) in [5.74, 6) is -1.33. The van der Waals surface area contributed by atoms with Gasteiger partial charge in [-0.1, -0.05) is 0 Å². The lowest BCUT2D eigenvalue weighted by atomic mass is 10.1. The van der Waals surface area contributed by atoms with E-state index in [-0.39, 0.29) is 22.9 Å². The van der Waals surface area contributed by atoms with Gasteiger partial charge in [0.15, 0.2) is 0 Å². The SMILES string of the molecule is Cc1cc([N+](=O)[O-])cc(C(=O)N[C@@H]2CCNC2)c1F. The molecule has 0 aliphatic carbocycles. The predicted molar refractivity (Wildman–Crippen MR) is 66.5 cm³/mol. The van der Waals surface area contributed by atoms with E-state index in [1.807, 2.05) is 0 Å². The summed E-state index contributed by atoms with van der Waals surface area (Å²) in [6.07, 6.45) is 0.765. The monoisotopic (exact) mass is 267 g/mol. The van der Waals surface area contributed by atoms with Crippen LogP contribution in [-0.4, -0.2) is 30.0 Å². The summed E-state index contributed by atoms with van der Waals surface area (Å²) in [6, 6.07) is 2.02. The van der Waals surface area contributed by atoms with Crippen molar-refractivity contribution in [2.75, 3.05) is 13.1 Å². The zero-order chi connectivity index (χ0) is 14.0. The number of amides is 1. The second kappa shape index (κ2) is 5.31. The molecule has 1 amide bonds. The van der Waals surface area contributed by atoms with Crippen molar-refractivity contribution in [3.63, 3.8) is 0 Å². The van der Waals surface area contributed by atoms with Gasteiger partial charge in [0.05, 0.1) is 10.5 Å². The molecule has 1 heterocycles. The van der Waals surface area contributed by atoms with E-state index in [4.69, 9.17) is 0 Å². The Labute approximate surface area is 109 Å². The van der Waals surface area contributed by atoms with Crippen LogP contribution in [0, 0.1) is 22.9 Å². The first-order chi connectivity index (χ1) is 8.99. The van der Waals surface area contributed by atoms with Gasteiger partial charge >= 0.3 is 0 Å². The second-order valence-corrected chi connectivity index (χ2v) is 4.54. The van der Waals surface area contributed by atoms with Crippen LogP contribution in [0.2, 0.25) is 0 Å². The van der Waals surface area contributed by atoms with Crippen LogP contribution in [0.25, 0.3) is 0 Å². The van der Waals surface area contributed by atoms with Crippen LogP contribution >= 0.6 is 0 Å². The fourth-order valence-electron chi connectivity index (χ4n) is 2.06. The van der Waals surface area contributed by atoms with Crippen molar-refractivity contribution >= 4 is 11.6 Å². The highest BCUT2D eigenvalue weighted by Crippen LogP contribution is 2.21. The fraction of sp³-hybridized carbons (Fsp3) is 0.417. The summed E-state index contributed by atoms with van der Waals surface area (Å²) < 4.78 is 13.9. The number of aryl methyl sites for hydroxylation is 1. The van der Waals surface area contributed by atoms with Crippen molar-refractivity contribution in [2.24, 2.45) is 0 Å². The number of carbonyl (C=O) groups excluding carboxylic acids is 1. The molecule has 6 nitrogen and oxygen atoms in total. The first-order valence-corrected chi connectivity index (χ1v) is 5.95. The van der Waals surface area contributed by atoms with Crippen molar-refractivity contribution in [1.29, 1.82) is 0 Å². The van der Waals surface area contributed by atoms with E-state index < -0.39 is 16.6 Å². The first kappa shape index (κ1) is 13.4. The van der Waals surface area contributed by atoms with Gasteiger partial charge in [0.25, 0.3) is 11.6 Å². The van der Waals surface area contributed by atoms with Crippen LogP contribution < -0.4 is 10.6 Å². The minimum absolute atomic E-state index is 0.0635. The van der Waals surface area contributed by atoms with Gasteiger partial charge in [-0.2, -0.15) is 0 Å². The Balaban J connectivity index is 2.26. The van der Waals surface area contributed by atoms with Crippen molar-refractivity contribution in [1.82, 2.24) is 10.6 Å². The number of halogens is 1. The molecule has 2 N–H and O–H groups in total. The van der Waals surface area contributed by atoms with Crippen LogP contribution in [0.4, 0.5) is 10.1 Å². The van der Waals surface area contributed by atoms with E-state index in [0.717, 1.165) is 25.1 Å². The maximum Gasteiger partial charge on any atom is 0.270 e. The number of nitrogens with zero attached hydrogens (tertiary/aromatic N) is 1. The summed E-state index contributed by atoms with van der Waals surface area (Å²) in [5.41, 5.74) is -0.476. The summed E-state index contributed by atoms with van der Waals surface area (Å²) >= 11 is 0. The van der Waals surface area contributed by atoms with Crippen LogP contribution in [-0.2, 0) is 0 Å². The largest absolute Gasteiger partial charge is 0.348 e. The number of nitro benzene ring substituents is 1. The molecule has 0 bridgehead atoms. The molecule has 0 aromatic heterocycles. The lowest BCUT2D eigenvalue weighted by Gasteiger charge is -2.12. The number of non-ortho nitro benzene ring substituents is 1. The van der Waals surface area contributed by atoms with E-state index in [1.54, 1.807) is 0 Å². The quantitative estimate of drug-likeness (QED) is 0.635. The Morgan fingerprint density at radius 1 is 1.58 bits per heavy atom. The van der Waals surface area contributed by atoms with Crippen LogP contribution in [0.15, 0.2) is 12.1 Å². The van der Waals surface area contributed by atoms with Crippen molar-refractivity contribution in [2.45, 2.75) is 19.4 Å². The third-order valence-electron chi connectivity index (χ3n) is 3.09. The standard InChI is InChI=1S/C12H14FN3O3/c1-7-4-9(16(18)19)5-10(11(7)13)12(17)15-8-2-3-14-6-8/h4-5,8,14H,2-3,6H2,1H3,(H,15,17)/t8-/m1/s1. The molecule has 1 saturated heterocycles. The number of benzene rings is 1. The number of hydrogen-bond acceptors (Lipinski definition) is 4. The fourth-order valence-corrected chi connectivity index (χ4v) is 2.06. The van der Waals surface area contributed by atoms with E-state index in [2.05, 4.69) is 10.6 Å². The van der Waals surface area contributed by atoms with Gasteiger partial charge in [-0.3, -0.25) is 14.9 Å². The first-order valence-electron chi connectivity index (χ1n) is 5.95. The predicted octanol–water partition coefficient (Wildman–Crippen LogP) is 1.13. The summed E-state index contributed by atoms with van der Waals surface area (Å²) in [5, 5.41) is 16.5. The minimum Gasteiger partial charge on any atom is -0.348 e. The normalized spacial score (nSPS) is 18.3. The van der Waals surface area contributed by atoms with Crippen molar-refractivity contribution in [3.05, 3.63) is 39.2 Å². The third kappa shape index (κ3) is 2.87. The summed E-state index contributed by atoms with van der Waals surface area (Å²) in [7, 11) is 0. The highest BCUT2D eigenvalue weighted by molar-refractivity contribution is 5.95. The molecular weight excluding hydrogens is 253 g/mol. The topological polar surface area (TPSA) is 84.3 Å². The number of rotatable bonds is 3. The van der Waals surface area contributed by atoms with E-state index in [0.29, 0.717) is 6.54 Å². The molecule has 7 heteroatoms. The Hall–Kier alpha value is -2.02. The lowest BCUT2D eigenvalue weighted by Crippen LogP contribution is -2.36. The Morgan fingerprint density at radius 3 is 2.89 bits per heavy atom. The average molecular weight is 267 g/mol. The maximum atomic E-state index is 13.9. The molecule has 1 aromatic rings. The minimum atomic E-state index is -0.714. The van der Waals surface area contributed by atoms with Gasteiger partial charge in [0, 0.05) is 24.7 Å². The molecule has 1 aliphatic rings. The maximum absolute atomic E-state index is 13.9. The Bertz CT molecular complexity index is 527. The van der Waals surface area contributed by atoms with E-state index in [9.17, 15) is 19.3 Å². The molecule has 1 aromatic carbocycles. The van der Waals surface area contributed by atoms with Crippen LogP contribution in [0.3, 0.4) is 0 Å². The van der Waals surface area contributed by atoms with Crippen molar-refractivity contribution < 1.29 is 14.1 Å². The summed E-state index contributed by atoms with van der Waals surface area (Å²) in [6.45, 7) is 2.82. The molecule has 19 heavy (non-hydrogen) atoms. The molecule has 1 aliphatic heterocycles. The molecule has 1 atom stereocenters. The van der Waals surface area contributed by atoms with Crippen LogP contribution in [0.1, 0.15) is 22.3 Å². The number of hydrogen-bond donors (Lipinski definition) is 2. The molecule has 0 saturated carbocycles. The zero-order valence-electron chi connectivity index (χ0n) is 10.4. The Kier molecular flexibility index (Phi) is 3.75. The van der Waals surface area contributed by atoms with Gasteiger partial charge in [-0.05, 0) is 25.5 Å². The Morgan fingerprint density at radius 2 is 2.32 bits per heavy atom. The smallest absolute Gasteiger partial charge is 0.270 e. The summed E-state index contributed by atoms with van der Waals surface area (Å²) in [4.78, 5) is 22.0. The average Bonchev–Trinajstić information content (AvgIpc) is 2.84. The highest BCUT2D eigenvalue weighted by atomic mass is 19.1. The van der Waals surface area contributed by atoms with E-state index in [1.165, 1.54) is 6.92 Å². The molecule has 0 unspecified atom stereocenters. The number of carbonyl (C=O) groups is 1. The molecular formula is C12H14FN3O3. The lowest BCUT2D eigenvalue weighted by molar-refractivity contribution is -0.385. The van der Waals surface area contributed by atoms with Gasteiger partial charge < -0.3 is 10.6 Å².